The number of aromatic nitrogens is 1. The predicted molar refractivity (Wildman–Crippen MR) is 87.4 cm³/mol. The molecule has 0 saturated heterocycles. The largest absolute Gasteiger partial charge is 0.319 e. The van der Waals surface area contributed by atoms with E-state index < -0.39 is 0 Å². The normalized spacial score (nSPS) is 10.7. The van der Waals surface area contributed by atoms with Gasteiger partial charge >= 0.3 is 0 Å². The minimum atomic E-state index is -0.228. The summed E-state index contributed by atoms with van der Waals surface area (Å²) in [5.74, 6) is -0.228. The van der Waals surface area contributed by atoms with Crippen LogP contribution in [0.2, 0.25) is 0 Å². The monoisotopic (exact) mass is 300 g/mol. The van der Waals surface area contributed by atoms with Crippen molar-refractivity contribution in [1.82, 2.24) is 9.63 Å². The second kappa shape index (κ2) is 7.27. The lowest BCUT2D eigenvalue weighted by molar-refractivity contribution is -0.159. The highest BCUT2D eigenvalue weighted by molar-refractivity contribution is 5.74. The number of unbranched alkanes of at least 4 members (excludes halogenated alkanes) is 1. The van der Waals surface area contributed by atoms with Crippen molar-refractivity contribution in [2.24, 2.45) is 0 Å². The molecule has 1 heterocycles. The first-order chi connectivity index (χ1) is 10.5. The van der Waals surface area contributed by atoms with E-state index in [-0.39, 0.29) is 5.91 Å². The molecule has 0 fully saturated rings. The lowest BCUT2D eigenvalue weighted by atomic mass is 10.1. The summed E-state index contributed by atoms with van der Waals surface area (Å²) in [6, 6.07) is 12.8. The molecule has 0 radical (unpaired) electrons. The summed E-state index contributed by atoms with van der Waals surface area (Å²) in [6.45, 7) is 4.21. The number of rotatable bonds is 6. The van der Waals surface area contributed by atoms with Gasteiger partial charge in [0.25, 0.3) is 0 Å². The number of hydrogen-bond acceptors (Lipinski definition) is 2. The SMILES string of the molecule is Cc1ccc(C)n1-c1ccc(CCCCC(=O)N(C)O)cc1. The molecule has 1 N–H and O–H groups in total. The molecule has 0 saturated carbocycles. The Hall–Kier alpha value is -2.07. The predicted octanol–water partition coefficient (Wildman–Crippen LogP) is 3.65. The van der Waals surface area contributed by atoms with E-state index in [4.69, 9.17) is 5.21 Å². The van der Waals surface area contributed by atoms with E-state index >= 15 is 0 Å². The van der Waals surface area contributed by atoms with E-state index in [0.29, 0.717) is 11.5 Å². The topological polar surface area (TPSA) is 45.5 Å². The molecule has 0 atom stereocenters. The molecule has 0 unspecified atom stereocenters. The number of hydrogen-bond donors (Lipinski definition) is 1. The van der Waals surface area contributed by atoms with Crippen LogP contribution in [0, 0.1) is 13.8 Å². The van der Waals surface area contributed by atoms with Gasteiger partial charge in [0.15, 0.2) is 0 Å². The van der Waals surface area contributed by atoms with E-state index in [9.17, 15) is 4.79 Å². The van der Waals surface area contributed by atoms with Gasteiger partial charge in [0.1, 0.15) is 0 Å². The zero-order valence-corrected chi connectivity index (χ0v) is 13.5. The number of benzene rings is 1. The molecule has 2 aromatic rings. The summed E-state index contributed by atoms with van der Waals surface area (Å²) in [6.07, 6.45) is 3.08. The van der Waals surface area contributed by atoms with Crippen LogP contribution in [-0.2, 0) is 11.2 Å². The molecule has 0 spiro atoms. The summed E-state index contributed by atoms with van der Waals surface area (Å²) in [7, 11) is 1.37. The lowest BCUT2D eigenvalue weighted by Crippen LogP contribution is -2.21. The Bertz CT molecular complexity index is 608. The van der Waals surface area contributed by atoms with Gasteiger partial charge in [-0.25, -0.2) is 5.06 Å². The molecule has 0 aliphatic heterocycles. The zero-order chi connectivity index (χ0) is 16.1. The smallest absolute Gasteiger partial charge is 0.245 e. The summed E-state index contributed by atoms with van der Waals surface area (Å²) < 4.78 is 2.24. The molecule has 1 aromatic heterocycles. The third-order valence-electron chi connectivity index (χ3n) is 3.93. The van der Waals surface area contributed by atoms with Crippen molar-refractivity contribution in [2.45, 2.75) is 39.5 Å². The number of amides is 1. The molecule has 1 amide bonds. The van der Waals surface area contributed by atoms with Gasteiger partial charge in [0.05, 0.1) is 0 Å². The van der Waals surface area contributed by atoms with Crippen LogP contribution < -0.4 is 0 Å². The Labute approximate surface area is 131 Å². The van der Waals surface area contributed by atoms with Crippen LogP contribution in [0.5, 0.6) is 0 Å². The van der Waals surface area contributed by atoms with Crippen LogP contribution >= 0.6 is 0 Å². The Kier molecular flexibility index (Phi) is 5.39. The summed E-state index contributed by atoms with van der Waals surface area (Å²) in [4.78, 5) is 11.3. The van der Waals surface area contributed by atoms with Gasteiger partial charge < -0.3 is 4.57 Å². The van der Waals surface area contributed by atoms with Crippen LogP contribution in [0.3, 0.4) is 0 Å². The average molecular weight is 300 g/mol. The molecule has 0 aliphatic carbocycles. The second-order valence-electron chi connectivity index (χ2n) is 5.74. The molecular formula is C18H24N2O2. The molecule has 2 rings (SSSR count). The van der Waals surface area contributed by atoms with Crippen molar-refractivity contribution in [1.29, 1.82) is 0 Å². The van der Waals surface area contributed by atoms with E-state index in [0.717, 1.165) is 19.3 Å². The van der Waals surface area contributed by atoms with Gasteiger partial charge in [-0.05, 0) is 62.9 Å². The first-order valence-electron chi connectivity index (χ1n) is 7.68. The highest BCUT2D eigenvalue weighted by atomic mass is 16.5. The highest BCUT2D eigenvalue weighted by Crippen LogP contribution is 2.17. The minimum absolute atomic E-state index is 0.228. The van der Waals surface area contributed by atoms with Crippen molar-refractivity contribution in [3.05, 3.63) is 53.3 Å². The Morgan fingerprint density at radius 3 is 2.18 bits per heavy atom. The molecule has 118 valence electrons. The lowest BCUT2D eigenvalue weighted by Gasteiger charge is -2.10. The van der Waals surface area contributed by atoms with Crippen LogP contribution in [0.4, 0.5) is 0 Å². The van der Waals surface area contributed by atoms with E-state index in [1.54, 1.807) is 0 Å². The van der Waals surface area contributed by atoms with Crippen molar-refractivity contribution in [3.63, 3.8) is 0 Å². The maximum Gasteiger partial charge on any atom is 0.245 e. The summed E-state index contributed by atoms with van der Waals surface area (Å²) >= 11 is 0. The number of hydroxylamine groups is 2. The number of carbonyl (C=O) groups excluding carboxylic acids is 1. The molecular weight excluding hydrogens is 276 g/mol. The third kappa shape index (κ3) is 3.98. The Morgan fingerprint density at radius 1 is 1.05 bits per heavy atom. The van der Waals surface area contributed by atoms with E-state index in [1.807, 2.05) is 0 Å². The molecule has 4 heteroatoms. The minimum Gasteiger partial charge on any atom is -0.319 e. The fraction of sp³-hybridized carbons (Fsp3) is 0.389. The molecule has 4 nitrogen and oxygen atoms in total. The standard InChI is InChI=1S/C18H24N2O2/c1-14-8-9-15(2)20(14)17-12-10-16(11-13-17)6-4-5-7-18(21)19(3)22/h8-13,22H,4-7H2,1-3H3. The molecule has 0 bridgehead atoms. The van der Waals surface area contributed by atoms with Gasteiger partial charge in [-0.15, -0.1) is 0 Å². The summed E-state index contributed by atoms with van der Waals surface area (Å²) in [5.41, 5.74) is 4.92. The van der Waals surface area contributed by atoms with Crippen molar-refractivity contribution >= 4 is 5.91 Å². The van der Waals surface area contributed by atoms with Gasteiger partial charge in [-0.2, -0.15) is 0 Å². The van der Waals surface area contributed by atoms with Crippen LogP contribution in [0.15, 0.2) is 36.4 Å². The molecule has 0 aliphatic rings. The fourth-order valence-electron chi connectivity index (χ4n) is 2.65. The highest BCUT2D eigenvalue weighted by Gasteiger charge is 2.06. The van der Waals surface area contributed by atoms with Gasteiger partial charge in [0.2, 0.25) is 5.91 Å². The maximum absolute atomic E-state index is 11.3. The van der Waals surface area contributed by atoms with Crippen LogP contribution in [0.1, 0.15) is 36.2 Å². The molecule has 1 aromatic carbocycles. The van der Waals surface area contributed by atoms with Gasteiger partial charge in [-0.3, -0.25) is 10.0 Å². The van der Waals surface area contributed by atoms with Crippen LogP contribution in [-0.4, -0.2) is 27.8 Å². The van der Waals surface area contributed by atoms with Gasteiger partial charge in [0, 0.05) is 30.5 Å². The Balaban J connectivity index is 1.89. The van der Waals surface area contributed by atoms with Crippen molar-refractivity contribution in [2.75, 3.05) is 7.05 Å². The number of nitrogens with zero attached hydrogens (tertiary/aromatic N) is 2. The van der Waals surface area contributed by atoms with Crippen molar-refractivity contribution in [3.8, 4) is 5.69 Å². The van der Waals surface area contributed by atoms with E-state index in [2.05, 4.69) is 54.8 Å². The first-order valence-corrected chi connectivity index (χ1v) is 7.68. The van der Waals surface area contributed by atoms with E-state index in [1.165, 1.54) is 29.7 Å². The number of carbonyl (C=O) groups is 1. The maximum atomic E-state index is 11.3. The zero-order valence-electron chi connectivity index (χ0n) is 13.5. The fourth-order valence-corrected chi connectivity index (χ4v) is 2.65. The van der Waals surface area contributed by atoms with Gasteiger partial charge in [-0.1, -0.05) is 12.1 Å². The van der Waals surface area contributed by atoms with Crippen LogP contribution in [0.25, 0.3) is 5.69 Å². The summed E-state index contributed by atoms with van der Waals surface area (Å²) in [5, 5.41) is 9.65. The Morgan fingerprint density at radius 2 is 1.64 bits per heavy atom. The molecule has 22 heavy (non-hydrogen) atoms. The average Bonchev–Trinajstić information content (AvgIpc) is 2.83. The first kappa shape index (κ1) is 16.3. The quantitative estimate of drug-likeness (QED) is 0.503. The number of aryl methyl sites for hydroxylation is 3. The third-order valence-corrected chi connectivity index (χ3v) is 3.93. The second-order valence-corrected chi connectivity index (χ2v) is 5.74. The van der Waals surface area contributed by atoms with Crippen molar-refractivity contribution < 1.29 is 10.0 Å².